The maximum absolute atomic E-state index is 13.1. The summed E-state index contributed by atoms with van der Waals surface area (Å²) < 4.78 is 0.985. The lowest BCUT2D eigenvalue weighted by Gasteiger charge is -2.27. The van der Waals surface area contributed by atoms with Crippen LogP contribution in [-0.4, -0.2) is 16.1 Å². The van der Waals surface area contributed by atoms with Crippen LogP contribution in [0.15, 0.2) is 53.0 Å². The highest BCUT2D eigenvalue weighted by atomic mass is 79.9. The van der Waals surface area contributed by atoms with Crippen LogP contribution in [0.25, 0.3) is 0 Å². The molecule has 0 aliphatic carbocycles. The molecule has 0 radical (unpaired) electrons. The third kappa shape index (κ3) is 3.00. The Kier molecular flexibility index (Phi) is 4.22. The van der Waals surface area contributed by atoms with Gasteiger partial charge in [0.15, 0.2) is 5.69 Å². The molecule has 1 amide bonds. The second kappa shape index (κ2) is 6.34. The molecule has 1 atom stereocenters. The minimum Gasteiger partial charge on any atom is -0.295 e. The zero-order valence-electron chi connectivity index (χ0n) is 15.9. The van der Waals surface area contributed by atoms with Crippen molar-refractivity contribution < 1.29 is 4.79 Å². The van der Waals surface area contributed by atoms with E-state index in [4.69, 9.17) is 0 Å². The first-order valence-corrected chi connectivity index (χ1v) is 9.81. The minimum atomic E-state index is -0.179. The van der Waals surface area contributed by atoms with E-state index in [-0.39, 0.29) is 17.4 Å². The standard InChI is InChI=1S/C22H22BrN3O/c1-13-18-19(25-24-13)21(27)26(17-11-9-16(23)10-12-17)20(18)14-5-7-15(8-6-14)22(2,3)4/h5-12,20H,1-4H3,(H,24,25). The molecular formula is C22H22BrN3O. The van der Waals surface area contributed by atoms with E-state index in [0.29, 0.717) is 5.69 Å². The van der Waals surface area contributed by atoms with Gasteiger partial charge in [-0.25, -0.2) is 0 Å². The average molecular weight is 424 g/mol. The monoisotopic (exact) mass is 423 g/mol. The van der Waals surface area contributed by atoms with E-state index >= 15 is 0 Å². The molecule has 4 rings (SSSR count). The molecule has 0 saturated carbocycles. The molecule has 4 nitrogen and oxygen atoms in total. The number of aryl methyl sites for hydroxylation is 1. The summed E-state index contributed by atoms with van der Waals surface area (Å²) in [6.07, 6.45) is 0. The molecule has 1 aliphatic rings. The van der Waals surface area contributed by atoms with Gasteiger partial charge < -0.3 is 0 Å². The number of carbonyl (C=O) groups is 1. The number of benzene rings is 2. The van der Waals surface area contributed by atoms with E-state index in [0.717, 1.165) is 27.0 Å². The van der Waals surface area contributed by atoms with Gasteiger partial charge in [0, 0.05) is 21.4 Å². The second-order valence-electron chi connectivity index (χ2n) is 8.04. The molecule has 0 saturated heterocycles. The fourth-order valence-corrected chi connectivity index (χ4v) is 3.91. The lowest BCUT2D eigenvalue weighted by molar-refractivity contribution is 0.0988. The molecule has 1 aromatic heterocycles. The molecule has 27 heavy (non-hydrogen) atoms. The van der Waals surface area contributed by atoms with Crippen molar-refractivity contribution in [2.45, 2.75) is 39.2 Å². The Hall–Kier alpha value is -2.40. The van der Waals surface area contributed by atoms with Crippen LogP contribution in [0, 0.1) is 6.92 Å². The van der Waals surface area contributed by atoms with Crippen molar-refractivity contribution in [3.8, 4) is 0 Å². The minimum absolute atomic E-state index is 0.0680. The highest BCUT2D eigenvalue weighted by Crippen LogP contribution is 2.42. The first-order valence-electron chi connectivity index (χ1n) is 9.02. The highest BCUT2D eigenvalue weighted by Gasteiger charge is 2.42. The molecule has 1 unspecified atom stereocenters. The maximum Gasteiger partial charge on any atom is 0.279 e. The van der Waals surface area contributed by atoms with E-state index in [1.807, 2.05) is 36.1 Å². The summed E-state index contributed by atoms with van der Waals surface area (Å²) in [4.78, 5) is 15.0. The van der Waals surface area contributed by atoms with Crippen LogP contribution in [0.1, 0.15) is 59.7 Å². The zero-order chi connectivity index (χ0) is 19.3. The Morgan fingerprint density at radius 3 is 2.26 bits per heavy atom. The van der Waals surface area contributed by atoms with Crippen LogP contribution in [0.4, 0.5) is 5.69 Å². The molecule has 3 aromatic rings. The van der Waals surface area contributed by atoms with Crippen LogP contribution in [0.5, 0.6) is 0 Å². The summed E-state index contributed by atoms with van der Waals surface area (Å²) in [7, 11) is 0. The van der Waals surface area contributed by atoms with Crippen LogP contribution < -0.4 is 4.90 Å². The molecule has 0 spiro atoms. The SMILES string of the molecule is Cc1[nH]nc2c1C(c1ccc(C(C)(C)C)cc1)N(c1ccc(Br)cc1)C2=O. The molecule has 2 aromatic carbocycles. The summed E-state index contributed by atoms with van der Waals surface area (Å²) in [5.74, 6) is -0.0680. The van der Waals surface area contributed by atoms with Gasteiger partial charge in [-0.15, -0.1) is 0 Å². The van der Waals surface area contributed by atoms with Crippen LogP contribution in [-0.2, 0) is 5.41 Å². The van der Waals surface area contributed by atoms with E-state index in [1.165, 1.54) is 5.56 Å². The summed E-state index contributed by atoms with van der Waals surface area (Å²) >= 11 is 3.47. The van der Waals surface area contributed by atoms with Gasteiger partial charge in [-0.1, -0.05) is 61.0 Å². The number of H-pyrrole nitrogens is 1. The van der Waals surface area contributed by atoms with Gasteiger partial charge in [0.25, 0.3) is 5.91 Å². The number of halogens is 1. The van der Waals surface area contributed by atoms with Crippen molar-refractivity contribution >= 4 is 27.5 Å². The molecule has 1 aliphatic heterocycles. The topological polar surface area (TPSA) is 49.0 Å². The number of nitrogens with one attached hydrogen (secondary N) is 1. The number of amides is 1. The molecular weight excluding hydrogens is 402 g/mol. The molecule has 5 heteroatoms. The fourth-order valence-electron chi connectivity index (χ4n) is 3.65. The largest absolute Gasteiger partial charge is 0.295 e. The smallest absolute Gasteiger partial charge is 0.279 e. The molecule has 1 N–H and O–H groups in total. The van der Waals surface area contributed by atoms with Crippen molar-refractivity contribution in [3.05, 3.63) is 81.1 Å². The summed E-state index contributed by atoms with van der Waals surface area (Å²) in [5.41, 5.74) is 5.73. The van der Waals surface area contributed by atoms with Crippen molar-refractivity contribution in [2.75, 3.05) is 4.90 Å². The summed E-state index contributed by atoms with van der Waals surface area (Å²) in [6.45, 7) is 8.58. The Bertz CT molecular complexity index is 998. The van der Waals surface area contributed by atoms with Crippen LogP contribution in [0.3, 0.4) is 0 Å². The van der Waals surface area contributed by atoms with Gasteiger partial charge >= 0.3 is 0 Å². The van der Waals surface area contributed by atoms with Crippen molar-refractivity contribution in [1.29, 1.82) is 0 Å². The van der Waals surface area contributed by atoms with Gasteiger partial charge in [-0.3, -0.25) is 14.8 Å². The first-order chi connectivity index (χ1) is 12.8. The third-order valence-corrected chi connectivity index (χ3v) is 5.67. The maximum atomic E-state index is 13.1. The quantitative estimate of drug-likeness (QED) is 0.588. The van der Waals surface area contributed by atoms with Crippen LogP contribution in [0.2, 0.25) is 0 Å². The number of fused-ring (bicyclic) bond motifs is 1. The van der Waals surface area contributed by atoms with Gasteiger partial charge in [0.2, 0.25) is 0 Å². The lowest BCUT2D eigenvalue weighted by atomic mass is 9.86. The first kappa shape index (κ1) is 18.0. The predicted molar refractivity (Wildman–Crippen MR) is 111 cm³/mol. The van der Waals surface area contributed by atoms with Crippen LogP contribution >= 0.6 is 15.9 Å². The van der Waals surface area contributed by atoms with Crippen molar-refractivity contribution in [1.82, 2.24) is 10.2 Å². The molecule has 0 fully saturated rings. The number of hydrogen-bond acceptors (Lipinski definition) is 2. The van der Waals surface area contributed by atoms with E-state index in [9.17, 15) is 4.79 Å². The van der Waals surface area contributed by atoms with Gasteiger partial charge in [-0.2, -0.15) is 5.10 Å². The lowest BCUT2D eigenvalue weighted by Crippen LogP contribution is -2.29. The third-order valence-electron chi connectivity index (χ3n) is 5.14. The summed E-state index contributed by atoms with van der Waals surface area (Å²) in [5, 5.41) is 7.26. The van der Waals surface area contributed by atoms with Crippen molar-refractivity contribution in [3.63, 3.8) is 0 Å². The second-order valence-corrected chi connectivity index (χ2v) is 8.95. The van der Waals surface area contributed by atoms with E-state index in [2.05, 4.69) is 71.2 Å². The van der Waals surface area contributed by atoms with Gasteiger partial charge in [0.05, 0.1) is 6.04 Å². The Morgan fingerprint density at radius 1 is 1.04 bits per heavy atom. The Morgan fingerprint density at radius 2 is 1.67 bits per heavy atom. The molecule has 0 bridgehead atoms. The van der Waals surface area contributed by atoms with Gasteiger partial charge in [-0.05, 0) is 47.7 Å². The zero-order valence-corrected chi connectivity index (χ0v) is 17.5. The normalized spacial score (nSPS) is 16.7. The average Bonchev–Trinajstić information content (AvgIpc) is 3.14. The van der Waals surface area contributed by atoms with E-state index < -0.39 is 0 Å². The highest BCUT2D eigenvalue weighted by molar-refractivity contribution is 9.10. The number of rotatable bonds is 2. The molecule has 2 heterocycles. The Balaban J connectivity index is 1.84. The fraction of sp³-hybridized carbons (Fsp3) is 0.273. The number of nitrogens with zero attached hydrogens (tertiary/aromatic N) is 2. The number of hydrogen-bond donors (Lipinski definition) is 1. The van der Waals surface area contributed by atoms with E-state index in [1.54, 1.807) is 0 Å². The predicted octanol–water partition coefficient (Wildman–Crippen LogP) is 5.53. The number of anilines is 1. The Labute approximate surface area is 167 Å². The molecule has 138 valence electrons. The number of carbonyl (C=O) groups excluding carboxylic acids is 1. The van der Waals surface area contributed by atoms with Crippen molar-refractivity contribution in [2.24, 2.45) is 0 Å². The summed E-state index contributed by atoms with van der Waals surface area (Å²) in [6, 6.07) is 16.2. The number of aromatic nitrogens is 2. The van der Waals surface area contributed by atoms with Gasteiger partial charge in [0.1, 0.15) is 0 Å². The number of aromatic amines is 1.